The molecule has 0 fully saturated rings. The van der Waals surface area contributed by atoms with Gasteiger partial charge in [-0.15, -0.1) is 0 Å². The average molecular weight is 511 g/mol. The Balaban J connectivity index is 1.73. The van der Waals surface area contributed by atoms with E-state index in [9.17, 15) is 9.59 Å². The molecule has 2 heterocycles. The van der Waals surface area contributed by atoms with Gasteiger partial charge in [0.2, 0.25) is 5.75 Å². The second kappa shape index (κ2) is 9.36. The summed E-state index contributed by atoms with van der Waals surface area (Å²) < 4.78 is 18.4. The third-order valence-electron chi connectivity index (χ3n) is 6.20. The number of carbonyl (C=O) groups excluding carboxylic acids is 1. The predicted molar refractivity (Wildman–Crippen MR) is 134 cm³/mol. The topological polar surface area (TPSA) is 79.1 Å². The molecule has 0 N–H and O–H groups in total. The highest BCUT2D eigenvalue weighted by molar-refractivity contribution is 7.07. The number of ether oxygens (including phenoxy) is 3. The van der Waals surface area contributed by atoms with E-state index >= 15 is 0 Å². The van der Waals surface area contributed by atoms with Gasteiger partial charge in [0, 0.05) is 17.0 Å². The number of benzene rings is 2. The quantitative estimate of drug-likeness (QED) is 0.523. The van der Waals surface area contributed by atoms with Crippen LogP contribution in [0.4, 0.5) is 0 Å². The van der Waals surface area contributed by atoms with E-state index in [0.29, 0.717) is 55.6 Å². The summed E-state index contributed by atoms with van der Waals surface area (Å²) in [5, 5.41) is 0.590. The van der Waals surface area contributed by atoms with Crippen LogP contribution in [0.5, 0.6) is 17.2 Å². The molecule has 0 spiro atoms. The van der Waals surface area contributed by atoms with Crippen molar-refractivity contribution in [2.75, 3.05) is 21.3 Å². The number of Topliss-reactive ketones (excluding diaryl/α,β-unsaturated/α-hetero) is 1. The molecule has 3 aromatic rings. The number of allylic oxidation sites excluding steroid dienone is 2. The summed E-state index contributed by atoms with van der Waals surface area (Å²) in [4.78, 5) is 32.0. The van der Waals surface area contributed by atoms with E-state index in [1.54, 1.807) is 49.1 Å². The number of thiazole rings is 1. The third-order valence-corrected chi connectivity index (χ3v) is 7.43. The molecule has 35 heavy (non-hydrogen) atoms. The number of fused-ring (bicyclic) bond motifs is 1. The second-order valence-corrected chi connectivity index (χ2v) is 9.68. The molecule has 1 unspecified atom stereocenters. The number of hydrogen-bond acceptors (Lipinski definition) is 7. The zero-order valence-corrected chi connectivity index (χ0v) is 21.0. The van der Waals surface area contributed by atoms with Crippen LogP contribution in [0.3, 0.4) is 0 Å². The molecule has 0 bridgehead atoms. The van der Waals surface area contributed by atoms with Gasteiger partial charge in [-0.05, 0) is 54.3 Å². The van der Waals surface area contributed by atoms with Gasteiger partial charge in [-0.2, -0.15) is 0 Å². The van der Waals surface area contributed by atoms with Gasteiger partial charge in [0.05, 0.1) is 37.6 Å². The molecule has 1 aliphatic carbocycles. The molecular weight excluding hydrogens is 488 g/mol. The maximum absolute atomic E-state index is 13.7. The minimum atomic E-state index is -0.534. The summed E-state index contributed by atoms with van der Waals surface area (Å²) in [5.41, 5.74) is 2.69. The number of nitrogens with zero attached hydrogens (tertiary/aromatic N) is 2. The first-order valence-electron chi connectivity index (χ1n) is 11.1. The smallest absolute Gasteiger partial charge is 0.271 e. The van der Waals surface area contributed by atoms with Crippen molar-refractivity contribution in [2.45, 2.75) is 25.3 Å². The lowest BCUT2D eigenvalue weighted by Gasteiger charge is -2.28. The van der Waals surface area contributed by atoms with Crippen LogP contribution >= 0.6 is 22.9 Å². The zero-order valence-electron chi connectivity index (χ0n) is 19.5. The summed E-state index contributed by atoms with van der Waals surface area (Å²) in [7, 11) is 4.63. The highest BCUT2D eigenvalue weighted by atomic mass is 35.5. The van der Waals surface area contributed by atoms with Crippen LogP contribution in [0.1, 0.15) is 36.4 Å². The second-order valence-electron chi connectivity index (χ2n) is 8.23. The Morgan fingerprint density at radius 1 is 1.03 bits per heavy atom. The Kier molecular flexibility index (Phi) is 6.25. The van der Waals surface area contributed by atoms with Crippen molar-refractivity contribution in [2.24, 2.45) is 4.99 Å². The van der Waals surface area contributed by atoms with E-state index < -0.39 is 6.04 Å². The number of aromatic nitrogens is 1. The molecular formula is C26H23ClN2O5S. The standard InChI is InChI=1S/C26H23ClN2O5S/c1-32-19-11-14(12-20(33-2)24(19)34-3)13-21-25(31)29-23(15-7-9-16(27)10-8-15)22-17(28-26(29)35-21)5-4-6-18(22)30/h7-13,23H,4-6H2,1-3H3. The van der Waals surface area contributed by atoms with E-state index in [4.69, 9.17) is 30.8 Å². The summed E-state index contributed by atoms with van der Waals surface area (Å²) in [6, 6.07) is 10.3. The average Bonchev–Trinajstić information content (AvgIpc) is 3.17. The van der Waals surface area contributed by atoms with Gasteiger partial charge in [-0.3, -0.25) is 14.2 Å². The van der Waals surface area contributed by atoms with E-state index in [1.807, 2.05) is 12.1 Å². The van der Waals surface area contributed by atoms with Gasteiger partial charge in [0.1, 0.15) is 0 Å². The van der Waals surface area contributed by atoms with E-state index in [1.165, 1.54) is 18.4 Å². The first kappa shape index (κ1) is 23.4. The van der Waals surface area contributed by atoms with Gasteiger partial charge in [0.25, 0.3) is 5.56 Å². The lowest BCUT2D eigenvalue weighted by Crippen LogP contribution is -2.40. The Hall–Kier alpha value is -3.36. The number of ketones is 1. The lowest BCUT2D eigenvalue weighted by atomic mass is 9.86. The van der Waals surface area contributed by atoms with Crippen LogP contribution in [0.2, 0.25) is 5.02 Å². The van der Waals surface area contributed by atoms with Crippen molar-refractivity contribution in [3.05, 3.63) is 83.5 Å². The third kappa shape index (κ3) is 4.06. The molecule has 0 amide bonds. The van der Waals surface area contributed by atoms with Gasteiger partial charge in [-0.25, -0.2) is 4.99 Å². The van der Waals surface area contributed by atoms with E-state index in [-0.39, 0.29) is 11.3 Å². The maximum atomic E-state index is 13.7. The zero-order chi connectivity index (χ0) is 24.7. The highest BCUT2D eigenvalue weighted by Crippen LogP contribution is 2.39. The fourth-order valence-electron chi connectivity index (χ4n) is 4.61. The maximum Gasteiger partial charge on any atom is 0.271 e. The summed E-state index contributed by atoms with van der Waals surface area (Å²) in [6.07, 6.45) is 3.70. The number of methoxy groups -OCH3 is 3. The van der Waals surface area contributed by atoms with Gasteiger partial charge < -0.3 is 14.2 Å². The Morgan fingerprint density at radius 3 is 2.34 bits per heavy atom. The lowest BCUT2D eigenvalue weighted by molar-refractivity contribution is -0.116. The fourth-order valence-corrected chi connectivity index (χ4v) is 5.75. The van der Waals surface area contributed by atoms with Crippen molar-refractivity contribution in [3.8, 4) is 17.2 Å². The van der Waals surface area contributed by atoms with E-state index in [2.05, 4.69) is 0 Å². The monoisotopic (exact) mass is 510 g/mol. The number of halogens is 1. The molecule has 2 aliphatic rings. The molecule has 0 radical (unpaired) electrons. The molecule has 0 saturated heterocycles. The Bertz CT molecular complexity index is 1510. The van der Waals surface area contributed by atoms with Crippen molar-refractivity contribution >= 4 is 34.8 Å². The SMILES string of the molecule is COc1cc(C=c2sc3n(c2=O)C(c2ccc(Cl)cc2)C2=C(CCCC2=O)N=3)cc(OC)c1OC. The van der Waals surface area contributed by atoms with Crippen molar-refractivity contribution in [1.29, 1.82) is 0 Å². The van der Waals surface area contributed by atoms with E-state index in [0.717, 1.165) is 17.7 Å². The van der Waals surface area contributed by atoms with Gasteiger partial charge >= 0.3 is 0 Å². The number of carbonyl (C=O) groups is 1. The van der Waals surface area contributed by atoms with Crippen molar-refractivity contribution in [1.82, 2.24) is 4.57 Å². The molecule has 1 aliphatic heterocycles. The highest BCUT2D eigenvalue weighted by Gasteiger charge is 2.34. The first-order chi connectivity index (χ1) is 16.9. The molecule has 9 heteroatoms. The number of rotatable bonds is 5. The summed E-state index contributed by atoms with van der Waals surface area (Å²) >= 11 is 7.41. The first-order valence-corrected chi connectivity index (χ1v) is 12.3. The van der Waals surface area contributed by atoms with Crippen molar-refractivity contribution in [3.63, 3.8) is 0 Å². The van der Waals surface area contributed by atoms with Crippen LogP contribution in [0.15, 0.2) is 57.5 Å². The van der Waals surface area contributed by atoms with Crippen molar-refractivity contribution < 1.29 is 19.0 Å². The normalized spacial score (nSPS) is 17.5. The predicted octanol–water partition coefficient (Wildman–Crippen LogP) is 3.65. The fraction of sp³-hybridized carbons (Fsp3) is 0.269. The van der Waals surface area contributed by atoms with Gasteiger partial charge in [-0.1, -0.05) is 35.1 Å². The molecule has 180 valence electrons. The van der Waals surface area contributed by atoms with Crippen LogP contribution < -0.4 is 29.1 Å². The van der Waals surface area contributed by atoms with Crippen LogP contribution in [0, 0.1) is 0 Å². The summed E-state index contributed by atoms with van der Waals surface area (Å²) in [5.74, 6) is 1.49. The molecule has 1 aromatic heterocycles. The van der Waals surface area contributed by atoms with Crippen LogP contribution in [0.25, 0.3) is 6.08 Å². The van der Waals surface area contributed by atoms with Gasteiger partial charge in [0.15, 0.2) is 22.1 Å². The number of hydrogen-bond donors (Lipinski definition) is 0. The molecule has 7 nitrogen and oxygen atoms in total. The summed E-state index contributed by atoms with van der Waals surface area (Å²) in [6.45, 7) is 0. The molecule has 1 atom stereocenters. The minimum absolute atomic E-state index is 0.0360. The minimum Gasteiger partial charge on any atom is -0.493 e. The van der Waals surface area contributed by atoms with Crippen LogP contribution in [-0.2, 0) is 4.79 Å². The Labute approximate surface area is 210 Å². The molecule has 2 aromatic carbocycles. The largest absolute Gasteiger partial charge is 0.493 e. The Morgan fingerprint density at radius 2 is 1.71 bits per heavy atom. The molecule has 5 rings (SSSR count). The van der Waals surface area contributed by atoms with Crippen LogP contribution in [-0.4, -0.2) is 31.7 Å². The molecule has 0 saturated carbocycles.